The van der Waals surface area contributed by atoms with Crippen molar-refractivity contribution in [2.24, 2.45) is 0 Å². The van der Waals surface area contributed by atoms with Gasteiger partial charge in [-0.1, -0.05) is 25.5 Å². The number of aryl methyl sites for hydroxylation is 1. The number of imidazole rings is 1. The van der Waals surface area contributed by atoms with Gasteiger partial charge in [-0.3, -0.25) is 4.57 Å². The minimum atomic E-state index is -1.01. The molecule has 0 fully saturated rings. The molecule has 2 aromatic heterocycles. The summed E-state index contributed by atoms with van der Waals surface area (Å²) in [6.45, 7) is 2.09. The van der Waals surface area contributed by atoms with Crippen molar-refractivity contribution in [3.63, 3.8) is 0 Å². The number of carbonyl (C=O) groups is 2. The number of nitrogens with zero attached hydrogens (tertiary/aromatic N) is 2. The first-order valence-corrected chi connectivity index (χ1v) is 10.2. The molecule has 0 aliphatic rings. The van der Waals surface area contributed by atoms with Crippen molar-refractivity contribution in [3.8, 4) is 5.69 Å². The Morgan fingerprint density at radius 2 is 2.03 bits per heavy atom. The van der Waals surface area contributed by atoms with Crippen molar-refractivity contribution >= 4 is 29.4 Å². The lowest BCUT2D eigenvalue weighted by Crippen LogP contribution is -2.07. The zero-order valence-corrected chi connectivity index (χ0v) is 16.9. The van der Waals surface area contributed by atoms with Gasteiger partial charge in [0.05, 0.1) is 17.5 Å². The lowest BCUT2D eigenvalue weighted by Gasteiger charge is -2.12. The van der Waals surface area contributed by atoms with Crippen LogP contribution in [0.25, 0.3) is 11.8 Å². The molecule has 150 valence electrons. The highest BCUT2D eigenvalue weighted by atomic mass is 32.1. The average Bonchev–Trinajstić information content (AvgIpc) is 3.35. The molecule has 0 bridgehead atoms. The normalized spacial score (nSPS) is 11.6. The second kappa shape index (κ2) is 9.34. The molecule has 0 saturated carbocycles. The predicted octanol–water partition coefficient (Wildman–Crippen LogP) is 4.69. The van der Waals surface area contributed by atoms with Crippen LogP contribution in [0.4, 0.5) is 0 Å². The Balaban J connectivity index is 2.08. The monoisotopic (exact) mass is 410 g/mol. The molecular formula is C22H22N2O4S. The molecule has 3 aromatic rings. The van der Waals surface area contributed by atoms with E-state index in [2.05, 4.69) is 11.9 Å². The Morgan fingerprint density at radius 3 is 2.69 bits per heavy atom. The molecule has 0 aliphatic carbocycles. The van der Waals surface area contributed by atoms with Crippen molar-refractivity contribution < 1.29 is 19.8 Å². The molecule has 29 heavy (non-hydrogen) atoms. The summed E-state index contributed by atoms with van der Waals surface area (Å²) in [5.41, 5.74) is 1.70. The van der Waals surface area contributed by atoms with Gasteiger partial charge in [-0.05, 0) is 42.1 Å². The Morgan fingerprint density at radius 1 is 1.21 bits per heavy atom. The summed E-state index contributed by atoms with van der Waals surface area (Å²) >= 11 is 1.51. The summed E-state index contributed by atoms with van der Waals surface area (Å²) in [4.78, 5) is 28.7. The Bertz CT molecular complexity index is 1040. The Labute approximate surface area is 172 Å². The van der Waals surface area contributed by atoms with Gasteiger partial charge in [0.2, 0.25) is 0 Å². The van der Waals surface area contributed by atoms with E-state index in [1.165, 1.54) is 17.4 Å². The van der Waals surface area contributed by atoms with E-state index in [-0.39, 0.29) is 11.1 Å². The number of aromatic nitrogens is 2. The van der Waals surface area contributed by atoms with Gasteiger partial charge in [-0.2, -0.15) is 0 Å². The first-order valence-electron chi connectivity index (χ1n) is 9.36. The van der Waals surface area contributed by atoms with Crippen LogP contribution in [0.1, 0.15) is 46.5 Å². The third-order valence-electron chi connectivity index (χ3n) is 4.51. The topological polar surface area (TPSA) is 92.4 Å². The van der Waals surface area contributed by atoms with Crippen molar-refractivity contribution in [2.75, 3.05) is 0 Å². The number of aromatic carboxylic acids is 1. The summed E-state index contributed by atoms with van der Waals surface area (Å²) in [5.74, 6) is -1.22. The molecule has 2 heterocycles. The number of hydrogen-bond acceptors (Lipinski definition) is 4. The van der Waals surface area contributed by atoms with Gasteiger partial charge in [-0.15, -0.1) is 11.3 Å². The Hall–Kier alpha value is -3.19. The SMILES string of the molecule is CCCCc1ncc(/C=C(\Cc2cccs2)C(=O)O)n1-c1cccc(C(=O)O)c1. The van der Waals surface area contributed by atoms with E-state index >= 15 is 0 Å². The summed E-state index contributed by atoms with van der Waals surface area (Å²) in [6, 6.07) is 10.4. The fourth-order valence-electron chi connectivity index (χ4n) is 3.06. The minimum absolute atomic E-state index is 0.171. The number of carboxylic acids is 2. The summed E-state index contributed by atoms with van der Waals surface area (Å²) in [7, 11) is 0. The smallest absolute Gasteiger partial charge is 0.335 e. The van der Waals surface area contributed by atoms with Crippen LogP contribution in [-0.2, 0) is 17.6 Å². The number of benzene rings is 1. The second-order valence-corrected chi connectivity index (χ2v) is 7.66. The van der Waals surface area contributed by atoms with E-state index in [1.807, 2.05) is 22.1 Å². The fraction of sp³-hybridized carbons (Fsp3) is 0.227. The molecule has 0 atom stereocenters. The average molecular weight is 410 g/mol. The number of hydrogen-bond donors (Lipinski definition) is 2. The highest BCUT2D eigenvalue weighted by Gasteiger charge is 2.16. The van der Waals surface area contributed by atoms with E-state index in [0.29, 0.717) is 17.8 Å². The summed E-state index contributed by atoms with van der Waals surface area (Å²) < 4.78 is 1.85. The molecule has 6 nitrogen and oxygen atoms in total. The van der Waals surface area contributed by atoms with Gasteiger partial charge in [0.15, 0.2) is 0 Å². The molecular weight excluding hydrogens is 388 g/mol. The first-order chi connectivity index (χ1) is 14.0. The highest BCUT2D eigenvalue weighted by molar-refractivity contribution is 7.09. The molecule has 0 saturated heterocycles. The molecule has 0 unspecified atom stereocenters. The molecule has 1 aromatic carbocycles. The minimum Gasteiger partial charge on any atom is -0.478 e. The zero-order chi connectivity index (χ0) is 20.8. The van der Waals surface area contributed by atoms with E-state index in [4.69, 9.17) is 0 Å². The lowest BCUT2D eigenvalue weighted by atomic mass is 10.1. The molecule has 0 radical (unpaired) electrons. The van der Waals surface area contributed by atoms with Crippen molar-refractivity contribution in [3.05, 3.63) is 75.5 Å². The fourth-order valence-corrected chi connectivity index (χ4v) is 3.79. The molecule has 2 N–H and O–H groups in total. The zero-order valence-electron chi connectivity index (χ0n) is 16.0. The molecule has 0 amide bonds. The standard InChI is InChI=1S/C22H22N2O4S/c1-2-3-9-20-23-14-18(12-16(22(27)28)13-19-8-5-10-29-19)24(20)17-7-4-6-15(11-17)21(25)26/h4-8,10-12,14H,2-3,9,13H2,1H3,(H,25,26)(H,27,28)/b16-12+. The quantitative estimate of drug-likeness (QED) is 0.500. The number of rotatable bonds is 9. The van der Waals surface area contributed by atoms with Crippen LogP contribution < -0.4 is 0 Å². The van der Waals surface area contributed by atoms with E-state index in [1.54, 1.807) is 30.5 Å². The molecule has 0 aliphatic heterocycles. The van der Waals surface area contributed by atoms with E-state index in [9.17, 15) is 19.8 Å². The van der Waals surface area contributed by atoms with Crippen LogP contribution in [0.2, 0.25) is 0 Å². The first kappa shape index (κ1) is 20.5. The molecule has 3 rings (SSSR count). The van der Waals surface area contributed by atoms with Gasteiger partial charge in [-0.25, -0.2) is 14.6 Å². The maximum absolute atomic E-state index is 11.8. The second-order valence-electron chi connectivity index (χ2n) is 6.62. The van der Waals surface area contributed by atoms with Crippen LogP contribution >= 0.6 is 11.3 Å². The van der Waals surface area contributed by atoms with E-state index < -0.39 is 11.9 Å². The van der Waals surface area contributed by atoms with Gasteiger partial charge < -0.3 is 10.2 Å². The Kier molecular flexibility index (Phi) is 6.61. The van der Waals surface area contributed by atoms with Crippen LogP contribution in [0.15, 0.2) is 53.5 Å². The van der Waals surface area contributed by atoms with Crippen LogP contribution in [-0.4, -0.2) is 31.7 Å². The number of aliphatic carboxylic acids is 1. The van der Waals surface area contributed by atoms with Gasteiger partial charge in [0.1, 0.15) is 5.82 Å². The number of carboxylic acid groups (broad SMARTS) is 2. The molecule has 7 heteroatoms. The van der Waals surface area contributed by atoms with Crippen LogP contribution in [0.5, 0.6) is 0 Å². The maximum atomic E-state index is 11.8. The van der Waals surface area contributed by atoms with Gasteiger partial charge in [0.25, 0.3) is 0 Å². The third kappa shape index (κ3) is 5.00. The largest absolute Gasteiger partial charge is 0.478 e. The summed E-state index contributed by atoms with van der Waals surface area (Å²) in [6.07, 6.45) is 6.23. The van der Waals surface area contributed by atoms with Crippen molar-refractivity contribution in [1.29, 1.82) is 0 Å². The van der Waals surface area contributed by atoms with Crippen molar-refractivity contribution in [2.45, 2.75) is 32.6 Å². The highest BCUT2D eigenvalue weighted by Crippen LogP contribution is 2.22. The van der Waals surface area contributed by atoms with Gasteiger partial charge >= 0.3 is 11.9 Å². The van der Waals surface area contributed by atoms with Crippen molar-refractivity contribution in [1.82, 2.24) is 9.55 Å². The predicted molar refractivity (Wildman–Crippen MR) is 113 cm³/mol. The third-order valence-corrected chi connectivity index (χ3v) is 5.39. The number of unbranched alkanes of at least 4 members (excludes halogenated alkanes) is 1. The number of thiophene rings is 1. The van der Waals surface area contributed by atoms with Crippen LogP contribution in [0, 0.1) is 0 Å². The summed E-state index contributed by atoms with van der Waals surface area (Å²) in [5, 5.41) is 20.9. The molecule has 0 spiro atoms. The maximum Gasteiger partial charge on any atom is 0.335 e. The lowest BCUT2D eigenvalue weighted by molar-refractivity contribution is -0.132. The van der Waals surface area contributed by atoms with Crippen LogP contribution in [0.3, 0.4) is 0 Å². The van der Waals surface area contributed by atoms with E-state index in [0.717, 1.165) is 30.0 Å². The van der Waals surface area contributed by atoms with Gasteiger partial charge in [0, 0.05) is 29.0 Å².